The van der Waals surface area contributed by atoms with Crippen LogP contribution in [0.1, 0.15) is 45.4 Å². The van der Waals surface area contributed by atoms with E-state index in [-0.39, 0.29) is 0 Å². The summed E-state index contributed by atoms with van der Waals surface area (Å²) in [5.41, 5.74) is 0. The smallest absolute Gasteiger partial charge is 0.0620 e. The van der Waals surface area contributed by atoms with Crippen LogP contribution in [0.5, 0.6) is 0 Å². The van der Waals surface area contributed by atoms with E-state index in [4.69, 9.17) is 4.74 Å². The van der Waals surface area contributed by atoms with E-state index in [1.165, 1.54) is 58.2 Å². The normalized spacial score (nSPS) is 25.8. The summed E-state index contributed by atoms with van der Waals surface area (Å²) < 4.78 is 5.47. The fraction of sp³-hybridized carbons (Fsp3) is 1.00. The molecule has 1 saturated carbocycles. The highest BCUT2D eigenvalue weighted by Gasteiger charge is 2.35. The quantitative estimate of drug-likeness (QED) is 0.683. The van der Waals surface area contributed by atoms with E-state index in [0.29, 0.717) is 6.04 Å². The van der Waals surface area contributed by atoms with Crippen LogP contribution in [-0.4, -0.2) is 50.3 Å². The van der Waals surface area contributed by atoms with Gasteiger partial charge in [-0.15, -0.1) is 0 Å². The lowest BCUT2D eigenvalue weighted by Gasteiger charge is -2.33. The lowest BCUT2D eigenvalue weighted by Crippen LogP contribution is -2.46. The van der Waals surface area contributed by atoms with Crippen molar-refractivity contribution >= 4 is 0 Å². The van der Waals surface area contributed by atoms with E-state index < -0.39 is 0 Å². The molecule has 2 atom stereocenters. The van der Waals surface area contributed by atoms with Crippen molar-refractivity contribution in [3.8, 4) is 0 Å². The van der Waals surface area contributed by atoms with E-state index >= 15 is 0 Å². The third kappa shape index (κ3) is 4.22. The standard InChI is InChI=1S/C15H30N2O/c1-3-4-10-17(11-14-6-5-9-16-14)15(12-18-2)13-7-8-13/h13-16H,3-12H2,1-2H3. The first-order chi connectivity index (χ1) is 8.85. The van der Waals surface area contributed by atoms with Crippen LogP contribution in [0, 0.1) is 5.92 Å². The van der Waals surface area contributed by atoms with Crippen LogP contribution >= 0.6 is 0 Å². The van der Waals surface area contributed by atoms with Crippen molar-refractivity contribution < 1.29 is 4.74 Å². The molecular weight excluding hydrogens is 224 g/mol. The molecule has 3 nitrogen and oxygen atoms in total. The van der Waals surface area contributed by atoms with Crippen LogP contribution in [0.15, 0.2) is 0 Å². The van der Waals surface area contributed by atoms with Crippen molar-refractivity contribution in [1.82, 2.24) is 10.2 Å². The number of hydrogen-bond donors (Lipinski definition) is 1. The molecule has 1 heterocycles. The average molecular weight is 254 g/mol. The Labute approximate surface area is 112 Å². The molecule has 2 rings (SSSR count). The van der Waals surface area contributed by atoms with E-state index in [1.54, 1.807) is 0 Å². The lowest BCUT2D eigenvalue weighted by atomic mass is 10.1. The molecule has 1 saturated heterocycles. The van der Waals surface area contributed by atoms with E-state index in [2.05, 4.69) is 17.1 Å². The highest BCUT2D eigenvalue weighted by Crippen LogP contribution is 2.36. The molecule has 0 spiro atoms. The van der Waals surface area contributed by atoms with Crippen molar-refractivity contribution in [2.75, 3.05) is 33.4 Å². The SMILES string of the molecule is CCCCN(CC1CCCN1)C(COC)C1CC1. The van der Waals surface area contributed by atoms with Crippen molar-refractivity contribution in [3.05, 3.63) is 0 Å². The van der Waals surface area contributed by atoms with Gasteiger partial charge >= 0.3 is 0 Å². The number of nitrogens with one attached hydrogen (secondary N) is 1. The second-order valence-corrected chi connectivity index (χ2v) is 6.00. The zero-order chi connectivity index (χ0) is 12.8. The van der Waals surface area contributed by atoms with Crippen LogP contribution in [0.4, 0.5) is 0 Å². The molecule has 1 aliphatic carbocycles. The van der Waals surface area contributed by atoms with Crippen LogP contribution < -0.4 is 5.32 Å². The fourth-order valence-electron chi connectivity index (χ4n) is 3.14. The molecule has 2 fully saturated rings. The maximum absolute atomic E-state index is 5.47. The molecule has 0 amide bonds. The first-order valence-corrected chi connectivity index (χ1v) is 7.81. The van der Waals surface area contributed by atoms with Gasteiger partial charge in [0, 0.05) is 25.7 Å². The third-order valence-electron chi connectivity index (χ3n) is 4.39. The first kappa shape index (κ1) is 14.3. The Morgan fingerprint density at radius 2 is 2.17 bits per heavy atom. The summed E-state index contributed by atoms with van der Waals surface area (Å²) in [6, 6.07) is 1.39. The summed E-state index contributed by atoms with van der Waals surface area (Å²) in [6.45, 7) is 6.89. The van der Waals surface area contributed by atoms with Gasteiger partial charge in [-0.25, -0.2) is 0 Å². The lowest BCUT2D eigenvalue weighted by molar-refractivity contribution is 0.0711. The zero-order valence-electron chi connectivity index (χ0n) is 12.2. The molecular formula is C15H30N2O. The molecule has 3 heteroatoms. The van der Waals surface area contributed by atoms with Gasteiger partial charge in [0.1, 0.15) is 0 Å². The molecule has 0 radical (unpaired) electrons. The van der Waals surface area contributed by atoms with Crippen molar-refractivity contribution in [1.29, 1.82) is 0 Å². The van der Waals surface area contributed by atoms with Gasteiger partial charge < -0.3 is 10.1 Å². The van der Waals surface area contributed by atoms with Crippen LogP contribution in [0.3, 0.4) is 0 Å². The third-order valence-corrected chi connectivity index (χ3v) is 4.39. The van der Waals surface area contributed by atoms with Crippen LogP contribution in [0.25, 0.3) is 0 Å². The number of nitrogens with zero attached hydrogens (tertiary/aromatic N) is 1. The average Bonchev–Trinajstić information content (AvgIpc) is 3.09. The Morgan fingerprint density at radius 1 is 1.33 bits per heavy atom. The Balaban J connectivity index is 1.87. The summed E-state index contributed by atoms with van der Waals surface area (Å²) >= 11 is 0. The minimum absolute atomic E-state index is 0.670. The Kier molecular flexibility index (Phi) is 5.93. The van der Waals surface area contributed by atoms with Crippen molar-refractivity contribution in [3.63, 3.8) is 0 Å². The van der Waals surface area contributed by atoms with E-state index in [9.17, 15) is 0 Å². The van der Waals surface area contributed by atoms with Crippen LogP contribution in [0.2, 0.25) is 0 Å². The Bertz CT molecular complexity index is 225. The molecule has 0 aromatic heterocycles. The molecule has 106 valence electrons. The molecule has 0 aromatic rings. The topological polar surface area (TPSA) is 24.5 Å². The van der Waals surface area contributed by atoms with Crippen molar-refractivity contribution in [2.45, 2.75) is 57.5 Å². The van der Waals surface area contributed by atoms with E-state index in [1.807, 2.05) is 7.11 Å². The molecule has 2 unspecified atom stereocenters. The van der Waals surface area contributed by atoms with Crippen molar-refractivity contribution in [2.24, 2.45) is 5.92 Å². The van der Waals surface area contributed by atoms with Gasteiger partial charge in [-0.3, -0.25) is 4.90 Å². The predicted molar refractivity (Wildman–Crippen MR) is 75.9 cm³/mol. The molecule has 1 aliphatic heterocycles. The summed E-state index contributed by atoms with van der Waals surface area (Å²) in [7, 11) is 1.85. The second-order valence-electron chi connectivity index (χ2n) is 6.00. The largest absolute Gasteiger partial charge is 0.383 e. The van der Waals surface area contributed by atoms with Gasteiger partial charge in [0.15, 0.2) is 0 Å². The minimum atomic E-state index is 0.670. The minimum Gasteiger partial charge on any atom is -0.383 e. The summed E-state index contributed by atoms with van der Waals surface area (Å²) in [5.74, 6) is 0.906. The van der Waals surface area contributed by atoms with E-state index in [0.717, 1.165) is 18.6 Å². The molecule has 18 heavy (non-hydrogen) atoms. The Morgan fingerprint density at radius 3 is 2.72 bits per heavy atom. The first-order valence-electron chi connectivity index (χ1n) is 7.81. The number of hydrogen-bond acceptors (Lipinski definition) is 3. The monoisotopic (exact) mass is 254 g/mol. The summed E-state index contributed by atoms with van der Waals surface area (Å²) in [6.07, 6.45) is 8.14. The van der Waals surface area contributed by atoms with Gasteiger partial charge in [-0.2, -0.15) is 0 Å². The Hall–Kier alpha value is -0.120. The maximum atomic E-state index is 5.47. The summed E-state index contributed by atoms with van der Waals surface area (Å²) in [4.78, 5) is 2.72. The summed E-state index contributed by atoms with van der Waals surface area (Å²) in [5, 5.41) is 3.64. The highest BCUT2D eigenvalue weighted by atomic mass is 16.5. The van der Waals surface area contributed by atoms with Gasteiger partial charge in [0.25, 0.3) is 0 Å². The molecule has 2 aliphatic rings. The predicted octanol–water partition coefficient (Wildman–Crippen LogP) is 2.27. The molecule has 0 bridgehead atoms. The van der Waals surface area contributed by atoms with Gasteiger partial charge in [-0.05, 0) is 51.1 Å². The number of methoxy groups -OCH3 is 1. The fourth-order valence-corrected chi connectivity index (χ4v) is 3.14. The van der Waals surface area contributed by atoms with Gasteiger partial charge in [0.2, 0.25) is 0 Å². The van der Waals surface area contributed by atoms with Gasteiger partial charge in [0.05, 0.1) is 6.61 Å². The van der Waals surface area contributed by atoms with Gasteiger partial charge in [-0.1, -0.05) is 13.3 Å². The zero-order valence-corrected chi connectivity index (χ0v) is 12.2. The highest BCUT2D eigenvalue weighted by molar-refractivity contribution is 4.90. The van der Waals surface area contributed by atoms with Crippen LogP contribution in [-0.2, 0) is 4.74 Å². The maximum Gasteiger partial charge on any atom is 0.0620 e. The molecule has 1 N–H and O–H groups in total. The second kappa shape index (κ2) is 7.46. The number of unbranched alkanes of at least 4 members (excludes halogenated alkanes) is 1. The molecule has 0 aromatic carbocycles. The number of rotatable bonds is 9. The number of ether oxygens (including phenoxy) is 1.